The summed E-state index contributed by atoms with van der Waals surface area (Å²) in [5.41, 5.74) is 3.09. The SMILES string of the molecule is [C-]#[N+]c1ccc2c(c1)N(CCCN1CCN(CCNC(=O)CC)CC1)c1ccccc1S2. The number of hydrogen-bond donors (Lipinski definition) is 1. The second-order valence-electron chi connectivity index (χ2n) is 8.23. The molecule has 7 heteroatoms. The molecule has 0 saturated carbocycles. The summed E-state index contributed by atoms with van der Waals surface area (Å²) in [5.74, 6) is 0.131. The lowest BCUT2D eigenvalue weighted by Crippen LogP contribution is -2.48. The summed E-state index contributed by atoms with van der Waals surface area (Å²) in [7, 11) is 0. The molecule has 2 aromatic carbocycles. The van der Waals surface area contributed by atoms with Crippen molar-refractivity contribution in [3.8, 4) is 0 Å². The molecule has 2 aromatic rings. The van der Waals surface area contributed by atoms with Crippen LogP contribution in [0.2, 0.25) is 0 Å². The maximum atomic E-state index is 11.4. The maximum Gasteiger partial charge on any atom is 0.219 e. The van der Waals surface area contributed by atoms with Crippen LogP contribution in [-0.2, 0) is 4.79 Å². The summed E-state index contributed by atoms with van der Waals surface area (Å²) in [6.07, 6.45) is 1.63. The van der Waals surface area contributed by atoms with E-state index in [4.69, 9.17) is 6.57 Å². The molecule has 1 amide bonds. The highest BCUT2D eigenvalue weighted by molar-refractivity contribution is 7.99. The van der Waals surface area contributed by atoms with Gasteiger partial charge in [0.1, 0.15) is 0 Å². The number of para-hydroxylation sites is 1. The number of carbonyl (C=O) groups is 1. The molecule has 32 heavy (non-hydrogen) atoms. The first kappa shape index (κ1) is 22.7. The van der Waals surface area contributed by atoms with Gasteiger partial charge in [-0.05, 0) is 31.2 Å². The van der Waals surface area contributed by atoms with Gasteiger partial charge in [0, 0.05) is 67.7 Å². The predicted octanol–water partition coefficient (Wildman–Crippen LogP) is 4.37. The third-order valence-corrected chi connectivity index (χ3v) is 7.26. The molecule has 0 atom stereocenters. The number of nitrogens with zero attached hydrogens (tertiary/aromatic N) is 4. The van der Waals surface area contributed by atoms with Gasteiger partial charge in [-0.15, -0.1) is 0 Å². The van der Waals surface area contributed by atoms with Crippen molar-refractivity contribution in [2.24, 2.45) is 0 Å². The molecular weight excluding hydrogens is 418 g/mol. The van der Waals surface area contributed by atoms with Crippen LogP contribution in [0.25, 0.3) is 4.85 Å². The number of carbonyl (C=O) groups excluding carboxylic acids is 1. The van der Waals surface area contributed by atoms with Crippen molar-refractivity contribution in [2.45, 2.75) is 29.6 Å². The minimum atomic E-state index is 0.131. The van der Waals surface area contributed by atoms with E-state index >= 15 is 0 Å². The lowest BCUT2D eigenvalue weighted by Gasteiger charge is -2.36. The largest absolute Gasteiger partial charge is 0.355 e. The van der Waals surface area contributed by atoms with Gasteiger partial charge in [-0.3, -0.25) is 9.69 Å². The summed E-state index contributed by atoms with van der Waals surface area (Å²) >= 11 is 1.79. The van der Waals surface area contributed by atoms with E-state index in [1.807, 2.05) is 19.1 Å². The van der Waals surface area contributed by atoms with Crippen molar-refractivity contribution >= 4 is 34.7 Å². The van der Waals surface area contributed by atoms with Crippen LogP contribution < -0.4 is 10.2 Å². The zero-order valence-corrected chi connectivity index (χ0v) is 19.5. The molecule has 0 radical (unpaired) electrons. The number of hydrogen-bond acceptors (Lipinski definition) is 5. The summed E-state index contributed by atoms with van der Waals surface area (Å²) in [4.78, 5) is 24.9. The number of rotatable bonds is 8. The third-order valence-electron chi connectivity index (χ3n) is 6.13. The Bertz CT molecular complexity index is 981. The van der Waals surface area contributed by atoms with Crippen LogP contribution in [0.1, 0.15) is 19.8 Å². The number of amides is 1. The fraction of sp³-hybridized carbons (Fsp3) is 0.440. The van der Waals surface area contributed by atoms with Gasteiger partial charge in [0.05, 0.1) is 12.3 Å². The number of benzene rings is 2. The second-order valence-corrected chi connectivity index (χ2v) is 9.31. The standard InChI is InChI=1S/C25H31N5OS/c1-3-25(31)27-11-14-29-17-15-28(16-18-29)12-6-13-30-21-7-4-5-8-23(21)32-24-10-9-20(26-2)19-22(24)30/h4-5,7-10,19H,3,6,11-18H2,1H3,(H,27,31). The van der Waals surface area contributed by atoms with Crippen LogP contribution in [0.5, 0.6) is 0 Å². The van der Waals surface area contributed by atoms with Gasteiger partial charge in [-0.2, -0.15) is 0 Å². The molecule has 2 heterocycles. The minimum Gasteiger partial charge on any atom is -0.355 e. The molecule has 0 aliphatic carbocycles. The Morgan fingerprint density at radius 1 is 1.00 bits per heavy atom. The van der Waals surface area contributed by atoms with Crippen molar-refractivity contribution < 1.29 is 4.79 Å². The molecule has 0 spiro atoms. The van der Waals surface area contributed by atoms with Crippen molar-refractivity contribution in [2.75, 3.05) is 57.3 Å². The molecule has 4 rings (SSSR count). The Morgan fingerprint density at radius 3 is 2.47 bits per heavy atom. The first-order valence-electron chi connectivity index (χ1n) is 11.4. The fourth-order valence-corrected chi connectivity index (χ4v) is 5.37. The van der Waals surface area contributed by atoms with E-state index in [2.05, 4.69) is 55.2 Å². The van der Waals surface area contributed by atoms with E-state index in [1.165, 1.54) is 15.5 Å². The monoisotopic (exact) mass is 449 g/mol. The van der Waals surface area contributed by atoms with Crippen LogP contribution in [-0.4, -0.2) is 68.1 Å². The number of piperazine rings is 1. The van der Waals surface area contributed by atoms with Crippen LogP contribution in [0, 0.1) is 6.57 Å². The maximum absolute atomic E-state index is 11.4. The summed E-state index contributed by atoms with van der Waals surface area (Å²) in [5, 5.41) is 2.97. The van der Waals surface area contributed by atoms with Gasteiger partial charge in [0.2, 0.25) is 5.91 Å². The van der Waals surface area contributed by atoms with E-state index < -0.39 is 0 Å². The normalized spacial score (nSPS) is 16.2. The molecule has 0 unspecified atom stereocenters. The van der Waals surface area contributed by atoms with E-state index in [9.17, 15) is 4.79 Å². The van der Waals surface area contributed by atoms with Crippen LogP contribution in [0.15, 0.2) is 52.3 Å². The summed E-state index contributed by atoms with van der Waals surface area (Å²) < 4.78 is 0. The van der Waals surface area contributed by atoms with Crippen molar-refractivity contribution in [1.29, 1.82) is 0 Å². The van der Waals surface area contributed by atoms with Crippen LogP contribution >= 0.6 is 11.8 Å². The Labute approximate surface area is 195 Å². The first-order chi connectivity index (χ1) is 15.7. The molecule has 0 bridgehead atoms. The second kappa shape index (κ2) is 10.9. The van der Waals surface area contributed by atoms with Crippen molar-refractivity contribution in [3.63, 3.8) is 0 Å². The van der Waals surface area contributed by atoms with Crippen molar-refractivity contribution in [1.82, 2.24) is 15.1 Å². The Hall–Kier alpha value is -2.53. The van der Waals surface area contributed by atoms with Crippen LogP contribution in [0.4, 0.5) is 17.1 Å². The Kier molecular flexibility index (Phi) is 7.69. The highest BCUT2D eigenvalue weighted by atomic mass is 32.2. The molecule has 2 aliphatic heterocycles. The van der Waals surface area contributed by atoms with Crippen LogP contribution in [0.3, 0.4) is 0 Å². The van der Waals surface area contributed by atoms with Gasteiger partial charge in [0.25, 0.3) is 0 Å². The summed E-state index contributed by atoms with van der Waals surface area (Å²) in [6.45, 7) is 17.2. The van der Waals surface area contributed by atoms with Gasteiger partial charge >= 0.3 is 0 Å². The van der Waals surface area contributed by atoms with Gasteiger partial charge in [-0.25, -0.2) is 4.85 Å². The van der Waals surface area contributed by atoms with Gasteiger partial charge in [-0.1, -0.05) is 43.0 Å². The minimum absolute atomic E-state index is 0.131. The van der Waals surface area contributed by atoms with Crippen molar-refractivity contribution in [3.05, 3.63) is 53.9 Å². The zero-order chi connectivity index (χ0) is 22.3. The summed E-state index contributed by atoms with van der Waals surface area (Å²) in [6, 6.07) is 14.6. The Balaban J connectivity index is 1.30. The lowest BCUT2D eigenvalue weighted by molar-refractivity contribution is -0.120. The van der Waals surface area contributed by atoms with Gasteiger partial charge < -0.3 is 15.1 Å². The lowest BCUT2D eigenvalue weighted by atomic mass is 10.2. The molecular formula is C25H31N5OS. The molecule has 1 saturated heterocycles. The Morgan fingerprint density at radius 2 is 1.72 bits per heavy atom. The highest BCUT2D eigenvalue weighted by Crippen LogP contribution is 2.49. The molecule has 168 valence electrons. The molecule has 6 nitrogen and oxygen atoms in total. The molecule has 1 fully saturated rings. The topological polar surface area (TPSA) is 43.2 Å². The average molecular weight is 450 g/mol. The number of anilines is 2. The average Bonchev–Trinajstić information content (AvgIpc) is 2.84. The number of fused-ring (bicyclic) bond motifs is 2. The smallest absolute Gasteiger partial charge is 0.219 e. The highest BCUT2D eigenvalue weighted by Gasteiger charge is 2.24. The van der Waals surface area contributed by atoms with E-state index in [0.717, 1.165) is 64.5 Å². The first-order valence-corrected chi connectivity index (χ1v) is 12.3. The van der Waals surface area contributed by atoms with E-state index in [0.29, 0.717) is 12.1 Å². The zero-order valence-electron chi connectivity index (χ0n) is 18.7. The fourth-order valence-electron chi connectivity index (χ4n) is 4.30. The quantitative estimate of drug-likeness (QED) is 0.606. The predicted molar refractivity (Wildman–Crippen MR) is 131 cm³/mol. The molecule has 1 N–H and O–H groups in total. The molecule has 2 aliphatic rings. The van der Waals surface area contributed by atoms with E-state index in [-0.39, 0.29) is 5.91 Å². The third kappa shape index (κ3) is 5.44. The van der Waals surface area contributed by atoms with Gasteiger partial charge in [0.15, 0.2) is 5.69 Å². The number of nitrogens with one attached hydrogen (secondary N) is 1. The van der Waals surface area contributed by atoms with E-state index in [1.54, 1.807) is 11.8 Å². The molecule has 0 aromatic heterocycles.